The number of amides is 1. The van der Waals surface area contributed by atoms with E-state index in [1.54, 1.807) is 22.7 Å². The van der Waals surface area contributed by atoms with E-state index in [1.807, 2.05) is 35.2 Å². The van der Waals surface area contributed by atoms with E-state index >= 15 is 4.39 Å². The van der Waals surface area contributed by atoms with E-state index in [0.717, 1.165) is 37.2 Å². The standard InChI is InChI=1S/C31H25F4N7O2/c1-40-29(44)25-27(37-19-6-3-2-4-7-19)41(39-28(25)42-24-9-5-8-23(24)38-30(40)42)16-17-10-12-20(21(32)14-17)22-13-11-18(15-36-22)26(43)31(33,34)35/h2-4,6-7,10-15,23-24,37H,5,8-9,16H2,1H3/t23-,24+/m1/s1. The molecule has 4 aromatic rings. The van der Waals surface area contributed by atoms with Crippen molar-refractivity contribution in [2.45, 2.75) is 44.1 Å². The zero-order valence-electron chi connectivity index (χ0n) is 23.3. The number of hydrogen-bond donors (Lipinski definition) is 1. The van der Waals surface area contributed by atoms with E-state index in [4.69, 9.17) is 10.1 Å². The second-order valence-corrected chi connectivity index (χ2v) is 11.0. The van der Waals surface area contributed by atoms with E-state index in [2.05, 4.69) is 10.3 Å². The summed E-state index contributed by atoms with van der Waals surface area (Å²) in [4.78, 5) is 37.5. The largest absolute Gasteiger partial charge is 0.454 e. The maximum absolute atomic E-state index is 15.4. The van der Waals surface area contributed by atoms with E-state index in [1.165, 1.54) is 18.2 Å². The number of halogens is 4. The van der Waals surface area contributed by atoms with Gasteiger partial charge < -0.3 is 5.32 Å². The summed E-state index contributed by atoms with van der Waals surface area (Å²) < 4.78 is 55.3. The fourth-order valence-corrected chi connectivity index (χ4v) is 6.09. The molecule has 0 spiro atoms. The summed E-state index contributed by atoms with van der Waals surface area (Å²) in [7, 11) is 1.70. The summed E-state index contributed by atoms with van der Waals surface area (Å²) in [6, 6.07) is 16.1. The Hall–Kier alpha value is -5.07. The van der Waals surface area contributed by atoms with Gasteiger partial charge in [0.1, 0.15) is 17.2 Å². The van der Waals surface area contributed by atoms with Gasteiger partial charge in [0.05, 0.1) is 24.3 Å². The van der Waals surface area contributed by atoms with Crippen LogP contribution in [0.5, 0.6) is 0 Å². The van der Waals surface area contributed by atoms with Gasteiger partial charge in [0.2, 0.25) is 5.96 Å². The molecule has 1 fully saturated rings. The van der Waals surface area contributed by atoms with Crippen LogP contribution in [0.4, 0.5) is 34.9 Å². The van der Waals surface area contributed by atoms with Crippen molar-refractivity contribution in [3.05, 3.63) is 89.4 Å². The van der Waals surface area contributed by atoms with E-state index in [-0.39, 0.29) is 35.8 Å². The second kappa shape index (κ2) is 10.3. The molecular weight excluding hydrogens is 578 g/mol. The highest BCUT2D eigenvalue weighted by atomic mass is 19.4. The molecule has 1 saturated carbocycles. The van der Waals surface area contributed by atoms with Gasteiger partial charge in [-0.25, -0.2) is 14.1 Å². The molecule has 0 bridgehead atoms. The average Bonchev–Trinajstić information content (AvgIpc) is 3.70. The zero-order chi connectivity index (χ0) is 30.7. The molecule has 2 aliphatic heterocycles. The fourth-order valence-electron chi connectivity index (χ4n) is 6.09. The lowest BCUT2D eigenvalue weighted by Gasteiger charge is -2.34. The van der Waals surface area contributed by atoms with Crippen molar-refractivity contribution in [2.75, 3.05) is 17.3 Å². The van der Waals surface area contributed by atoms with Gasteiger partial charge in [-0.3, -0.25) is 24.4 Å². The molecule has 1 aliphatic carbocycles. The number of ketones is 1. The molecule has 7 rings (SSSR count). The Labute approximate surface area is 248 Å². The van der Waals surface area contributed by atoms with Crippen LogP contribution in [0.2, 0.25) is 0 Å². The topological polar surface area (TPSA) is 95.7 Å². The lowest BCUT2D eigenvalue weighted by molar-refractivity contribution is -0.0885. The van der Waals surface area contributed by atoms with Gasteiger partial charge in [-0.15, -0.1) is 0 Å². The molecule has 2 aromatic carbocycles. The molecule has 2 atom stereocenters. The van der Waals surface area contributed by atoms with Crippen LogP contribution in [0.15, 0.2) is 71.9 Å². The van der Waals surface area contributed by atoms with Gasteiger partial charge in [0.15, 0.2) is 5.82 Å². The second-order valence-electron chi connectivity index (χ2n) is 11.0. The highest BCUT2D eigenvalue weighted by Gasteiger charge is 2.49. The third kappa shape index (κ3) is 4.59. The van der Waals surface area contributed by atoms with E-state index < -0.39 is 23.3 Å². The highest BCUT2D eigenvalue weighted by Crippen LogP contribution is 2.43. The maximum atomic E-state index is 15.4. The molecule has 4 heterocycles. The molecule has 0 radical (unpaired) electrons. The summed E-state index contributed by atoms with van der Waals surface area (Å²) in [6.45, 7) is 0.108. The van der Waals surface area contributed by atoms with Crippen molar-refractivity contribution < 1.29 is 27.2 Å². The van der Waals surface area contributed by atoms with Crippen molar-refractivity contribution in [1.29, 1.82) is 0 Å². The number of Topliss-reactive ketones (excluding diaryl/α,β-unsaturated/α-hetero) is 1. The smallest absolute Gasteiger partial charge is 0.340 e. The lowest BCUT2D eigenvalue weighted by Crippen LogP contribution is -2.51. The minimum Gasteiger partial charge on any atom is -0.340 e. The molecule has 44 heavy (non-hydrogen) atoms. The number of hydrogen-bond acceptors (Lipinski definition) is 7. The Bertz CT molecular complexity index is 1820. The summed E-state index contributed by atoms with van der Waals surface area (Å²) >= 11 is 0. The van der Waals surface area contributed by atoms with Gasteiger partial charge in [-0.1, -0.05) is 24.3 Å². The SMILES string of the molecule is CN1C(=O)c2c(nn(Cc3ccc(-c4ccc(C(=O)C(F)(F)F)cn4)c(F)c3)c2Nc2ccccc2)N2C1=N[C@@H]1CCC[C@@H]12. The van der Waals surface area contributed by atoms with Crippen LogP contribution < -0.4 is 10.2 Å². The lowest BCUT2D eigenvalue weighted by atomic mass is 10.1. The predicted molar refractivity (Wildman–Crippen MR) is 155 cm³/mol. The first kappa shape index (κ1) is 27.7. The van der Waals surface area contributed by atoms with E-state index in [9.17, 15) is 22.8 Å². The first-order chi connectivity index (χ1) is 21.1. The van der Waals surface area contributed by atoms with Crippen LogP contribution in [0.1, 0.15) is 45.5 Å². The van der Waals surface area contributed by atoms with Crippen LogP contribution >= 0.6 is 0 Å². The minimum atomic E-state index is -5.03. The molecule has 1 amide bonds. The monoisotopic (exact) mass is 603 g/mol. The third-order valence-corrected chi connectivity index (χ3v) is 8.21. The number of nitrogens with one attached hydrogen (secondary N) is 1. The molecule has 0 unspecified atom stereocenters. The molecular formula is C31H25F4N7O2. The van der Waals surface area contributed by atoms with E-state index in [0.29, 0.717) is 28.7 Å². The van der Waals surface area contributed by atoms with Crippen molar-refractivity contribution in [2.24, 2.45) is 4.99 Å². The van der Waals surface area contributed by atoms with Crippen molar-refractivity contribution in [3.8, 4) is 11.3 Å². The predicted octanol–water partition coefficient (Wildman–Crippen LogP) is 5.80. The van der Waals surface area contributed by atoms with Gasteiger partial charge in [-0.2, -0.15) is 18.3 Å². The van der Waals surface area contributed by atoms with Crippen molar-refractivity contribution in [3.63, 3.8) is 0 Å². The number of carbonyl (C=O) groups is 2. The molecule has 3 aliphatic rings. The third-order valence-electron chi connectivity index (χ3n) is 8.21. The highest BCUT2D eigenvalue weighted by molar-refractivity contribution is 6.21. The summed E-state index contributed by atoms with van der Waals surface area (Å²) in [5, 5.41) is 8.22. The van der Waals surface area contributed by atoms with Crippen LogP contribution in [0, 0.1) is 5.82 Å². The Kier molecular flexibility index (Phi) is 6.48. The summed E-state index contributed by atoms with van der Waals surface area (Å²) in [6.07, 6.45) is -1.34. The fraction of sp³-hybridized carbons (Fsp3) is 0.258. The number of benzene rings is 2. The number of alkyl halides is 3. The summed E-state index contributed by atoms with van der Waals surface area (Å²) in [5.41, 5.74) is 1.18. The van der Waals surface area contributed by atoms with Gasteiger partial charge >= 0.3 is 6.18 Å². The van der Waals surface area contributed by atoms with Crippen molar-refractivity contribution in [1.82, 2.24) is 19.7 Å². The molecule has 13 heteroatoms. The first-order valence-electron chi connectivity index (χ1n) is 14.0. The van der Waals surface area contributed by atoms with Crippen LogP contribution in [0.3, 0.4) is 0 Å². The quantitative estimate of drug-likeness (QED) is 0.221. The summed E-state index contributed by atoms with van der Waals surface area (Å²) in [5.74, 6) is -1.37. The Balaban J connectivity index is 1.24. The number of carbonyl (C=O) groups excluding carboxylic acids is 2. The van der Waals surface area contributed by atoms with Crippen molar-refractivity contribution >= 4 is 35.0 Å². The molecule has 224 valence electrons. The number of aliphatic imine (C=N–C) groups is 1. The number of rotatable bonds is 6. The number of pyridine rings is 1. The van der Waals surface area contributed by atoms with Crippen LogP contribution in [-0.4, -0.2) is 62.6 Å². The molecule has 2 aromatic heterocycles. The molecule has 0 saturated heterocycles. The Morgan fingerprint density at radius 2 is 1.86 bits per heavy atom. The Morgan fingerprint density at radius 1 is 1.07 bits per heavy atom. The number of fused-ring (bicyclic) bond motifs is 5. The number of anilines is 3. The minimum absolute atomic E-state index is 0.0594. The van der Waals surface area contributed by atoms with Crippen LogP contribution in [0.25, 0.3) is 11.3 Å². The maximum Gasteiger partial charge on any atom is 0.454 e. The zero-order valence-corrected chi connectivity index (χ0v) is 23.3. The van der Waals surface area contributed by atoms with Gasteiger partial charge in [0, 0.05) is 30.1 Å². The average molecular weight is 604 g/mol. The Morgan fingerprint density at radius 3 is 2.57 bits per heavy atom. The number of nitrogens with zero attached hydrogens (tertiary/aromatic N) is 6. The number of aromatic nitrogens is 3. The van der Waals surface area contributed by atoms with Gasteiger partial charge in [-0.05, 0) is 61.2 Å². The normalized spacial score (nSPS) is 19.0. The molecule has 1 N–H and O–H groups in total. The van der Waals surface area contributed by atoms with Crippen LogP contribution in [-0.2, 0) is 6.54 Å². The van der Waals surface area contributed by atoms with Gasteiger partial charge in [0.25, 0.3) is 11.7 Å². The first-order valence-corrected chi connectivity index (χ1v) is 14.0. The number of guanidine groups is 1. The number of para-hydroxylation sites is 1. The molecule has 9 nitrogen and oxygen atoms in total.